The van der Waals surface area contributed by atoms with Gasteiger partial charge >= 0.3 is 0 Å². The third-order valence-electron chi connectivity index (χ3n) is 4.53. The minimum Gasteiger partial charge on any atom is -0.492 e. The van der Waals surface area contributed by atoms with Crippen molar-refractivity contribution in [2.75, 3.05) is 19.0 Å². The molecule has 0 heterocycles. The summed E-state index contributed by atoms with van der Waals surface area (Å²) in [4.78, 5) is 2.08. The molecule has 0 saturated heterocycles. The van der Waals surface area contributed by atoms with Crippen LogP contribution in [0, 0.1) is 5.92 Å². The molecule has 146 valence electrons. The highest BCUT2D eigenvalue weighted by Gasteiger charge is 2.18. The number of anilines is 1. The maximum absolute atomic E-state index is 5.81. The zero-order chi connectivity index (χ0) is 19.6. The van der Waals surface area contributed by atoms with Crippen LogP contribution in [0.5, 0.6) is 0 Å². The van der Waals surface area contributed by atoms with E-state index >= 15 is 0 Å². The van der Waals surface area contributed by atoms with Crippen LogP contribution in [0.1, 0.15) is 66.7 Å². The Hall–Kier alpha value is -1.70. The van der Waals surface area contributed by atoms with Crippen molar-refractivity contribution in [2.45, 2.75) is 72.3 Å². The van der Waals surface area contributed by atoms with E-state index in [0.29, 0.717) is 5.92 Å². The number of hydrogen-bond donors (Lipinski definition) is 0. The van der Waals surface area contributed by atoms with Crippen molar-refractivity contribution in [3.8, 4) is 0 Å². The molecule has 0 N–H and O–H groups in total. The molecule has 0 bridgehead atoms. The van der Waals surface area contributed by atoms with Crippen LogP contribution < -0.4 is 4.90 Å². The summed E-state index contributed by atoms with van der Waals surface area (Å²) in [5.41, 5.74) is 2.63. The smallest absolute Gasteiger partial charge is 0.100 e. The van der Waals surface area contributed by atoms with E-state index < -0.39 is 0 Å². The molecule has 0 aromatic heterocycles. The molecule has 0 aliphatic heterocycles. The molecule has 3 rings (SSSR count). The highest BCUT2D eigenvalue weighted by atomic mass is 16.5. The number of rotatable bonds is 2. The Bertz CT molecular complexity index is 556. The molecule has 2 aliphatic rings. The van der Waals surface area contributed by atoms with Gasteiger partial charge in [0.1, 0.15) is 5.60 Å². The first-order valence-electron chi connectivity index (χ1n) is 9.98. The Kier molecular flexibility index (Phi) is 9.54. The fourth-order valence-corrected chi connectivity index (χ4v) is 2.36. The fourth-order valence-electron chi connectivity index (χ4n) is 2.36. The summed E-state index contributed by atoms with van der Waals surface area (Å²) in [6.07, 6.45) is 11.3. The van der Waals surface area contributed by atoms with E-state index in [1.54, 1.807) is 0 Å². The summed E-state index contributed by atoms with van der Waals surface area (Å²) >= 11 is 0. The average Bonchev–Trinajstić information content (AvgIpc) is 2.49. The molecule has 1 saturated carbocycles. The number of benzene rings is 1. The zero-order valence-corrected chi connectivity index (χ0v) is 18.0. The van der Waals surface area contributed by atoms with Gasteiger partial charge < -0.3 is 9.64 Å². The van der Waals surface area contributed by atoms with Crippen LogP contribution in [0.4, 0.5) is 5.69 Å². The minimum atomic E-state index is -0.0648. The SMILES string of the molecule is C1CCC1.CC1=CC=C(OC(C)(C)C)CC1C.CN(C)c1ccccc1. The molecule has 1 aromatic carbocycles. The second kappa shape index (κ2) is 11.1. The van der Waals surface area contributed by atoms with Crippen LogP contribution in [0.25, 0.3) is 0 Å². The molecule has 0 radical (unpaired) electrons. The third-order valence-corrected chi connectivity index (χ3v) is 4.53. The van der Waals surface area contributed by atoms with Crippen LogP contribution >= 0.6 is 0 Å². The van der Waals surface area contributed by atoms with E-state index in [1.807, 2.05) is 32.3 Å². The molecule has 1 unspecified atom stereocenters. The summed E-state index contributed by atoms with van der Waals surface area (Å²) < 4.78 is 5.81. The second-order valence-corrected chi connectivity index (χ2v) is 8.51. The van der Waals surface area contributed by atoms with Crippen molar-refractivity contribution in [3.05, 3.63) is 53.8 Å². The van der Waals surface area contributed by atoms with Crippen molar-refractivity contribution >= 4 is 5.69 Å². The summed E-state index contributed by atoms with van der Waals surface area (Å²) in [5.74, 6) is 1.74. The lowest BCUT2D eigenvalue weighted by Gasteiger charge is -2.27. The van der Waals surface area contributed by atoms with Crippen LogP contribution in [-0.4, -0.2) is 19.7 Å². The molecule has 1 fully saturated rings. The quantitative estimate of drug-likeness (QED) is 0.566. The highest BCUT2D eigenvalue weighted by molar-refractivity contribution is 5.43. The lowest BCUT2D eigenvalue weighted by atomic mass is 9.93. The first-order valence-corrected chi connectivity index (χ1v) is 9.98. The minimum absolute atomic E-state index is 0.0648. The van der Waals surface area contributed by atoms with Gasteiger partial charge in [-0.05, 0) is 51.8 Å². The van der Waals surface area contributed by atoms with E-state index in [2.05, 4.69) is 63.8 Å². The molecule has 0 amide bonds. The zero-order valence-electron chi connectivity index (χ0n) is 18.0. The number of allylic oxidation sites excluding steroid dienone is 4. The second-order valence-electron chi connectivity index (χ2n) is 8.51. The summed E-state index contributed by atoms with van der Waals surface area (Å²) in [6.45, 7) is 10.7. The Labute approximate surface area is 161 Å². The van der Waals surface area contributed by atoms with Crippen LogP contribution in [-0.2, 0) is 4.74 Å². The normalized spacial score (nSPS) is 18.7. The van der Waals surface area contributed by atoms with Crippen molar-refractivity contribution in [1.29, 1.82) is 0 Å². The van der Waals surface area contributed by atoms with Gasteiger partial charge in [-0.15, -0.1) is 0 Å². The molecule has 2 aliphatic carbocycles. The Morgan fingerprint density at radius 1 is 0.923 bits per heavy atom. The van der Waals surface area contributed by atoms with Gasteiger partial charge in [0.15, 0.2) is 0 Å². The largest absolute Gasteiger partial charge is 0.492 e. The summed E-state index contributed by atoms with van der Waals surface area (Å²) in [7, 11) is 4.07. The standard InChI is InChI=1S/C12H20O.C8H11N.C4H8/c1-9-6-7-11(8-10(9)2)13-12(3,4)5;1-9(2)8-6-4-3-5-7-8;1-2-4-3-1/h6-7,10H,8H2,1-5H3;3-7H,1-2H3;1-4H2. The van der Waals surface area contributed by atoms with E-state index in [9.17, 15) is 0 Å². The van der Waals surface area contributed by atoms with Crippen LogP contribution in [0.2, 0.25) is 0 Å². The van der Waals surface area contributed by atoms with Gasteiger partial charge in [-0.2, -0.15) is 0 Å². The van der Waals surface area contributed by atoms with Crippen molar-refractivity contribution in [2.24, 2.45) is 5.92 Å². The topological polar surface area (TPSA) is 12.5 Å². The van der Waals surface area contributed by atoms with Crippen molar-refractivity contribution in [1.82, 2.24) is 0 Å². The summed E-state index contributed by atoms with van der Waals surface area (Å²) in [5, 5.41) is 0. The Morgan fingerprint density at radius 2 is 1.46 bits per heavy atom. The van der Waals surface area contributed by atoms with Gasteiger partial charge in [0.05, 0.1) is 5.76 Å². The Morgan fingerprint density at radius 3 is 1.81 bits per heavy atom. The predicted molar refractivity (Wildman–Crippen MR) is 116 cm³/mol. The molecule has 0 spiro atoms. The van der Waals surface area contributed by atoms with E-state index in [4.69, 9.17) is 4.74 Å². The van der Waals surface area contributed by atoms with Crippen molar-refractivity contribution < 1.29 is 4.74 Å². The van der Waals surface area contributed by atoms with Crippen LogP contribution in [0.3, 0.4) is 0 Å². The van der Waals surface area contributed by atoms with Gasteiger partial charge in [-0.25, -0.2) is 0 Å². The molecular weight excluding hydrogens is 318 g/mol. The lowest BCUT2D eigenvalue weighted by molar-refractivity contribution is 0.0438. The van der Waals surface area contributed by atoms with E-state index in [1.165, 1.54) is 36.9 Å². The molecule has 26 heavy (non-hydrogen) atoms. The Balaban J connectivity index is 0.000000222. The average molecular weight is 358 g/mol. The van der Waals surface area contributed by atoms with Gasteiger partial charge in [0.2, 0.25) is 0 Å². The molecular formula is C24H39NO. The maximum atomic E-state index is 5.81. The van der Waals surface area contributed by atoms with Gasteiger partial charge in [-0.3, -0.25) is 0 Å². The maximum Gasteiger partial charge on any atom is 0.100 e. The molecule has 2 nitrogen and oxygen atoms in total. The van der Waals surface area contributed by atoms with Crippen molar-refractivity contribution in [3.63, 3.8) is 0 Å². The van der Waals surface area contributed by atoms with Gasteiger partial charge in [0, 0.05) is 26.2 Å². The van der Waals surface area contributed by atoms with E-state index in [-0.39, 0.29) is 5.60 Å². The highest BCUT2D eigenvalue weighted by Crippen LogP contribution is 2.27. The molecule has 1 atom stereocenters. The lowest BCUT2D eigenvalue weighted by Crippen LogP contribution is -2.20. The monoisotopic (exact) mass is 357 g/mol. The van der Waals surface area contributed by atoms with E-state index in [0.717, 1.165) is 12.2 Å². The van der Waals surface area contributed by atoms with Crippen LogP contribution in [0.15, 0.2) is 53.8 Å². The number of para-hydroxylation sites is 1. The van der Waals surface area contributed by atoms with Gasteiger partial charge in [0.25, 0.3) is 0 Å². The first-order chi connectivity index (χ1) is 12.2. The number of hydrogen-bond acceptors (Lipinski definition) is 2. The molecule has 2 heteroatoms. The fraction of sp³-hybridized carbons (Fsp3) is 0.583. The summed E-state index contributed by atoms with van der Waals surface area (Å²) in [6, 6.07) is 10.3. The molecule has 1 aromatic rings. The third kappa shape index (κ3) is 9.70. The number of ether oxygens (including phenoxy) is 1. The number of nitrogens with zero attached hydrogens (tertiary/aromatic N) is 1. The predicted octanol–water partition coefficient (Wildman–Crippen LogP) is 6.98. The van der Waals surface area contributed by atoms with Gasteiger partial charge in [-0.1, -0.05) is 62.5 Å². The first kappa shape index (κ1) is 22.3.